The quantitative estimate of drug-likeness (QED) is 0.610. The summed E-state index contributed by atoms with van der Waals surface area (Å²) in [5.41, 5.74) is 6.40. The van der Waals surface area contributed by atoms with Gasteiger partial charge in [0, 0.05) is 0 Å². The van der Waals surface area contributed by atoms with Crippen LogP contribution in [0, 0.1) is 0 Å². The van der Waals surface area contributed by atoms with Gasteiger partial charge in [0.1, 0.15) is 12.6 Å². The Morgan fingerprint density at radius 3 is 2.86 bits per heavy atom. The summed E-state index contributed by atoms with van der Waals surface area (Å²) in [6, 6.07) is 4.08. The van der Waals surface area contributed by atoms with Gasteiger partial charge in [0.05, 0.1) is 17.9 Å². The predicted molar refractivity (Wildman–Crippen MR) is 75.7 cm³/mol. The monoisotopic (exact) mass is 291 g/mol. The van der Waals surface area contributed by atoms with Crippen LogP contribution in [0.3, 0.4) is 0 Å². The molecule has 1 saturated heterocycles. The second-order valence-corrected chi connectivity index (χ2v) is 4.68. The second kappa shape index (κ2) is 5.82. The van der Waals surface area contributed by atoms with Crippen LogP contribution in [0.4, 0.5) is 5.69 Å². The van der Waals surface area contributed by atoms with Crippen molar-refractivity contribution in [2.45, 2.75) is 19.9 Å². The number of ether oxygens (including phenoxy) is 1. The summed E-state index contributed by atoms with van der Waals surface area (Å²) in [4.78, 5) is 36.9. The number of nitrogens with zero attached hydrogens (tertiary/aromatic N) is 1. The van der Waals surface area contributed by atoms with E-state index in [0.717, 1.165) is 0 Å². The molecule has 0 aliphatic carbocycles. The summed E-state index contributed by atoms with van der Waals surface area (Å²) in [5, 5.41) is 2.19. The van der Waals surface area contributed by atoms with Crippen molar-refractivity contribution in [2.75, 3.05) is 18.9 Å². The van der Waals surface area contributed by atoms with Gasteiger partial charge in [0.15, 0.2) is 5.75 Å². The van der Waals surface area contributed by atoms with Gasteiger partial charge in [-0.3, -0.25) is 19.7 Å². The fourth-order valence-electron chi connectivity index (χ4n) is 2.15. The van der Waals surface area contributed by atoms with Crippen molar-refractivity contribution in [1.82, 2.24) is 10.2 Å². The van der Waals surface area contributed by atoms with Gasteiger partial charge in [-0.2, -0.15) is 0 Å². The Bertz CT molecular complexity index is 600. The van der Waals surface area contributed by atoms with Gasteiger partial charge in [-0.05, 0) is 26.0 Å². The largest absolute Gasteiger partial charge is 0.491 e. The van der Waals surface area contributed by atoms with E-state index in [0.29, 0.717) is 12.3 Å². The lowest BCUT2D eigenvalue weighted by molar-refractivity contribution is -0.138. The summed E-state index contributed by atoms with van der Waals surface area (Å²) in [5.74, 6) is -1.19. The molecule has 0 aromatic heterocycles. The molecule has 2 rings (SSSR count). The lowest BCUT2D eigenvalue weighted by Gasteiger charge is -2.32. The fourth-order valence-corrected chi connectivity index (χ4v) is 2.15. The van der Waals surface area contributed by atoms with E-state index < -0.39 is 23.8 Å². The van der Waals surface area contributed by atoms with Crippen molar-refractivity contribution >= 4 is 23.4 Å². The molecule has 0 spiro atoms. The van der Waals surface area contributed by atoms with Gasteiger partial charge in [0.2, 0.25) is 11.8 Å². The Hall–Kier alpha value is -2.57. The molecule has 7 heteroatoms. The van der Waals surface area contributed by atoms with Crippen LogP contribution in [-0.4, -0.2) is 41.8 Å². The molecule has 21 heavy (non-hydrogen) atoms. The standard InChI is InChI=1S/C14H17N3O4/c1-3-21-12-9(5-4-6-10(12)15)14(20)17-7-11(18)16-13(19)8(17)2/h4-6,8H,3,7,15H2,1-2H3,(H,16,18,19). The molecule has 1 unspecified atom stereocenters. The Kier molecular flexibility index (Phi) is 4.11. The molecule has 1 aromatic rings. The van der Waals surface area contributed by atoms with Gasteiger partial charge in [-0.1, -0.05) is 6.07 Å². The number of anilines is 1. The van der Waals surface area contributed by atoms with E-state index in [2.05, 4.69) is 5.32 Å². The summed E-state index contributed by atoms with van der Waals surface area (Å²) >= 11 is 0. The maximum absolute atomic E-state index is 12.6. The first kappa shape index (κ1) is 14.8. The van der Waals surface area contributed by atoms with Crippen molar-refractivity contribution in [3.8, 4) is 5.75 Å². The van der Waals surface area contributed by atoms with Crippen LogP contribution >= 0.6 is 0 Å². The summed E-state index contributed by atoms with van der Waals surface area (Å²) < 4.78 is 5.41. The molecule has 1 atom stereocenters. The molecule has 1 heterocycles. The molecular formula is C14H17N3O4. The number of benzene rings is 1. The zero-order chi connectivity index (χ0) is 15.6. The van der Waals surface area contributed by atoms with Crippen molar-refractivity contribution in [2.24, 2.45) is 0 Å². The number of rotatable bonds is 3. The van der Waals surface area contributed by atoms with Crippen molar-refractivity contribution in [3.05, 3.63) is 23.8 Å². The molecule has 1 aliphatic rings. The first-order valence-electron chi connectivity index (χ1n) is 6.61. The number of nitrogens with one attached hydrogen (secondary N) is 1. The van der Waals surface area contributed by atoms with Gasteiger partial charge in [0.25, 0.3) is 5.91 Å². The van der Waals surface area contributed by atoms with Gasteiger partial charge >= 0.3 is 0 Å². The third-order valence-electron chi connectivity index (χ3n) is 3.25. The highest BCUT2D eigenvalue weighted by Crippen LogP contribution is 2.28. The molecule has 7 nitrogen and oxygen atoms in total. The molecule has 0 saturated carbocycles. The number of hydrogen-bond acceptors (Lipinski definition) is 5. The van der Waals surface area contributed by atoms with E-state index in [1.54, 1.807) is 32.0 Å². The zero-order valence-corrected chi connectivity index (χ0v) is 11.9. The van der Waals surface area contributed by atoms with Crippen LogP contribution in [0.5, 0.6) is 5.75 Å². The van der Waals surface area contributed by atoms with Gasteiger partial charge < -0.3 is 15.4 Å². The fraction of sp³-hybridized carbons (Fsp3) is 0.357. The number of nitrogen functional groups attached to an aromatic ring is 1. The first-order chi connectivity index (χ1) is 9.95. The SMILES string of the molecule is CCOc1c(N)cccc1C(=O)N1CC(=O)NC(=O)C1C. The molecule has 112 valence electrons. The highest BCUT2D eigenvalue weighted by Gasteiger charge is 2.35. The van der Waals surface area contributed by atoms with Crippen LogP contribution in [-0.2, 0) is 9.59 Å². The number of imide groups is 1. The van der Waals surface area contributed by atoms with Crippen LogP contribution in [0.15, 0.2) is 18.2 Å². The highest BCUT2D eigenvalue weighted by molar-refractivity contribution is 6.08. The molecule has 3 amide bonds. The van der Waals surface area contributed by atoms with Gasteiger partial charge in [-0.15, -0.1) is 0 Å². The summed E-state index contributed by atoms with van der Waals surface area (Å²) in [6.45, 7) is 3.52. The normalized spacial score (nSPS) is 18.4. The molecule has 1 fully saturated rings. The Labute approximate surface area is 122 Å². The average molecular weight is 291 g/mol. The Morgan fingerprint density at radius 2 is 2.19 bits per heavy atom. The number of hydrogen-bond donors (Lipinski definition) is 2. The van der Waals surface area contributed by atoms with Crippen LogP contribution < -0.4 is 15.8 Å². The molecule has 0 bridgehead atoms. The van der Waals surface area contributed by atoms with Crippen LogP contribution in [0.25, 0.3) is 0 Å². The van der Waals surface area contributed by atoms with Crippen molar-refractivity contribution in [1.29, 1.82) is 0 Å². The van der Waals surface area contributed by atoms with E-state index >= 15 is 0 Å². The minimum Gasteiger partial charge on any atom is -0.491 e. The van der Waals surface area contributed by atoms with Gasteiger partial charge in [-0.25, -0.2) is 0 Å². The smallest absolute Gasteiger partial charge is 0.258 e. The predicted octanol–water partition coefficient (Wildman–Crippen LogP) is 0.155. The molecule has 3 N–H and O–H groups in total. The summed E-state index contributed by atoms with van der Waals surface area (Å²) in [6.07, 6.45) is 0. The first-order valence-corrected chi connectivity index (χ1v) is 6.61. The minimum atomic E-state index is -0.730. The number of piperazine rings is 1. The molecular weight excluding hydrogens is 274 g/mol. The number of carbonyl (C=O) groups is 3. The van der Waals surface area contributed by atoms with Crippen molar-refractivity contribution in [3.63, 3.8) is 0 Å². The maximum Gasteiger partial charge on any atom is 0.258 e. The van der Waals surface area contributed by atoms with E-state index in [1.165, 1.54) is 4.90 Å². The van der Waals surface area contributed by atoms with E-state index in [1.807, 2.05) is 0 Å². The lowest BCUT2D eigenvalue weighted by atomic mass is 10.1. The third-order valence-corrected chi connectivity index (χ3v) is 3.25. The number of carbonyl (C=O) groups excluding carboxylic acids is 3. The van der Waals surface area contributed by atoms with Crippen molar-refractivity contribution < 1.29 is 19.1 Å². The number of para-hydroxylation sites is 1. The average Bonchev–Trinajstić information content (AvgIpc) is 2.44. The highest BCUT2D eigenvalue weighted by atomic mass is 16.5. The maximum atomic E-state index is 12.6. The van der Waals surface area contributed by atoms with E-state index in [-0.39, 0.29) is 17.9 Å². The second-order valence-electron chi connectivity index (χ2n) is 4.68. The Morgan fingerprint density at radius 1 is 1.48 bits per heavy atom. The molecule has 1 aromatic carbocycles. The molecule has 0 radical (unpaired) electrons. The van der Waals surface area contributed by atoms with E-state index in [9.17, 15) is 14.4 Å². The minimum absolute atomic E-state index is 0.174. The topological polar surface area (TPSA) is 102 Å². The number of amides is 3. The summed E-state index contributed by atoms with van der Waals surface area (Å²) in [7, 11) is 0. The van der Waals surface area contributed by atoms with Crippen LogP contribution in [0.1, 0.15) is 24.2 Å². The van der Waals surface area contributed by atoms with Crippen LogP contribution in [0.2, 0.25) is 0 Å². The third kappa shape index (κ3) is 2.81. The zero-order valence-electron chi connectivity index (χ0n) is 11.9. The number of nitrogens with two attached hydrogens (primary N) is 1. The Balaban J connectivity index is 2.37. The lowest BCUT2D eigenvalue weighted by Crippen LogP contribution is -2.58. The molecule has 1 aliphatic heterocycles. The van der Waals surface area contributed by atoms with E-state index in [4.69, 9.17) is 10.5 Å².